The van der Waals surface area contributed by atoms with Gasteiger partial charge in [-0.05, 0) is 19.3 Å². The number of nitrogens with one attached hydrogen (secondary N) is 1. The van der Waals surface area contributed by atoms with E-state index in [1.54, 1.807) is 24.9 Å². The van der Waals surface area contributed by atoms with Gasteiger partial charge in [-0.1, -0.05) is 6.92 Å². The third-order valence-electron chi connectivity index (χ3n) is 2.72. The third kappa shape index (κ3) is 4.20. The lowest BCUT2D eigenvalue weighted by molar-refractivity contribution is -0.137. The van der Waals surface area contributed by atoms with Crippen molar-refractivity contribution in [1.29, 1.82) is 0 Å². The first-order valence-electron chi connectivity index (χ1n) is 5.90. The zero-order chi connectivity index (χ0) is 13.7. The van der Waals surface area contributed by atoms with E-state index in [-0.39, 0.29) is 18.2 Å². The quantitative estimate of drug-likeness (QED) is 0.790. The van der Waals surface area contributed by atoms with Crippen LogP contribution in [0.1, 0.15) is 35.8 Å². The Morgan fingerprint density at radius 3 is 2.72 bits per heavy atom. The minimum Gasteiger partial charge on any atom is -0.481 e. The second-order valence-electron chi connectivity index (χ2n) is 4.55. The van der Waals surface area contributed by atoms with Crippen LogP contribution < -0.4 is 5.32 Å². The molecule has 0 spiro atoms. The summed E-state index contributed by atoms with van der Waals surface area (Å²) in [5, 5.41) is 15.4. The molecule has 0 aliphatic rings. The van der Waals surface area contributed by atoms with Crippen LogP contribution in [0.25, 0.3) is 0 Å². The highest BCUT2D eigenvalue weighted by Gasteiger charge is 2.13. The molecular formula is C12H19N3O3. The summed E-state index contributed by atoms with van der Waals surface area (Å²) in [6, 6.07) is 0. The molecule has 1 heterocycles. The number of rotatable bonds is 6. The van der Waals surface area contributed by atoms with E-state index >= 15 is 0 Å². The fourth-order valence-corrected chi connectivity index (χ4v) is 1.66. The van der Waals surface area contributed by atoms with E-state index in [9.17, 15) is 9.59 Å². The van der Waals surface area contributed by atoms with Crippen molar-refractivity contribution in [3.63, 3.8) is 0 Å². The molecule has 0 radical (unpaired) electrons. The Labute approximate surface area is 106 Å². The Morgan fingerprint density at radius 2 is 2.22 bits per heavy atom. The fraction of sp³-hybridized carbons (Fsp3) is 0.583. The number of aryl methyl sites for hydroxylation is 2. The molecule has 0 aliphatic carbocycles. The number of hydrogen-bond donors (Lipinski definition) is 2. The van der Waals surface area contributed by atoms with Crippen LogP contribution in [0, 0.1) is 12.8 Å². The monoisotopic (exact) mass is 253 g/mol. The van der Waals surface area contributed by atoms with Gasteiger partial charge >= 0.3 is 5.97 Å². The van der Waals surface area contributed by atoms with Gasteiger partial charge in [0.15, 0.2) is 0 Å². The molecule has 100 valence electrons. The number of aromatic nitrogens is 2. The van der Waals surface area contributed by atoms with E-state index in [0.29, 0.717) is 24.2 Å². The molecule has 18 heavy (non-hydrogen) atoms. The van der Waals surface area contributed by atoms with Gasteiger partial charge in [0.2, 0.25) is 0 Å². The van der Waals surface area contributed by atoms with Crippen molar-refractivity contribution in [2.24, 2.45) is 13.0 Å². The SMILES string of the molecule is Cc1nn(C)cc1C(=O)NCC(C)CCC(=O)O. The lowest BCUT2D eigenvalue weighted by Gasteiger charge is -2.10. The van der Waals surface area contributed by atoms with Gasteiger partial charge in [0.1, 0.15) is 0 Å². The minimum atomic E-state index is -0.809. The summed E-state index contributed by atoms with van der Waals surface area (Å²) in [7, 11) is 1.76. The predicted octanol–water partition coefficient (Wildman–Crippen LogP) is 0.959. The highest BCUT2D eigenvalue weighted by Crippen LogP contribution is 2.07. The van der Waals surface area contributed by atoms with Gasteiger partial charge in [0, 0.05) is 26.2 Å². The van der Waals surface area contributed by atoms with Crippen LogP contribution in [0.4, 0.5) is 0 Å². The molecule has 2 N–H and O–H groups in total. The summed E-state index contributed by atoms with van der Waals surface area (Å²) in [6.07, 6.45) is 2.36. The molecule has 1 rings (SSSR count). The van der Waals surface area contributed by atoms with Crippen LogP contribution >= 0.6 is 0 Å². The number of carbonyl (C=O) groups excluding carboxylic acids is 1. The Morgan fingerprint density at radius 1 is 1.56 bits per heavy atom. The van der Waals surface area contributed by atoms with Gasteiger partial charge in [-0.25, -0.2) is 0 Å². The number of carboxylic acids is 1. The van der Waals surface area contributed by atoms with Crippen molar-refractivity contribution in [1.82, 2.24) is 15.1 Å². The van der Waals surface area contributed by atoms with Crippen LogP contribution in [0.2, 0.25) is 0 Å². The summed E-state index contributed by atoms with van der Waals surface area (Å²) in [4.78, 5) is 22.3. The van der Waals surface area contributed by atoms with Gasteiger partial charge in [-0.3, -0.25) is 14.3 Å². The van der Waals surface area contributed by atoms with E-state index in [0.717, 1.165) is 0 Å². The Balaban J connectivity index is 2.41. The minimum absolute atomic E-state index is 0.128. The third-order valence-corrected chi connectivity index (χ3v) is 2.72. The molecule has 0 aliphatic heterocycles. The van der Waals surface area contributed by atoms with E-state index in [1.807, 2.05) is 6.92 Å². The Hall–Kier alpha value is -1.85. The largest absolute Gasteiger partial charge is 0.481 e. The normalized spacial score (nSPS) is 12.2. The van der Waals surface area contributed by atoms with Crippen LogP contribution in [0.15, 0.2) is 6.20 Å². The van der Waals surface area contributed by atoms with Gasteiger partial charge < -0.3 is 10.4 Å². The molecule has 0 fully saturated rings. The lowest BCUT2D eigenvalue weighted by Crippen LogP contribution is -2.28. The summed E-state index contributed by atoms with van der Waals surface area (Å²) in [5.74, 6) is -0.832. The number of hydrogen-bond acceptors (Lipinski definition) is 3. The number of nitrogens with zero attached hydrogens (tertiary/aromatic N) is 2. The average molecular weight is 253 g/mol. The molecule has 6 nitrogen and oxygen atoms in total. The number of carbonyl (C=O) groups is 2. The molecule has 1 unspecified atom stereocenters. The van der Waals surface area contributed by atoms with Gasteiger partial charge in [0.25, 0.3) is 5.91 Å². The molecule has 1 amide bonds. The number of amides is 1. The second kappa shape index (κ2) is 6.18. The first-order valence-corrected chi connectivity index (χ1v) is 5.90. The van der Waals surface area contributed by atoms with Gasteiger partial charge in [0.05, 0.1) is 11.3 Å². The van der Waals surface area contributed by atoms with Crippen molar-refractivity contribution >= 4 is 11.9 Å². The van der Waals surface area contributed by atoms with E-state index in [4.69, 9.17) is 5.11 Å². The molecule has 0 saturated heterocycles. The molecule has 0 aromatic carbocycles. The van der Waals surface area contributed by atoms with Gasteiger partial charge in [-0.2, -0.15) is 5.10 Å². The molecule has 1 atom stereocenters. The summed E-state index contributed by atoms with van der Waals surface area (Å²) >= 11 is 0. The van der Waals surface area contributed by atoms with E-state index in [1.165, 1.54) is 0 Å². The zero-order valence-corrected chi connectivity index (χ0v) is 10.9. The predicted molar refractivity (Wildman–Crippen MR) is 66.3 cm³/mol. The van der Waals surface area contributed by atoms with Crippen LogP contribution in [0.3, 0.4) is 0 Å². The maximum atomic E-state index is 11.8. The maximum absolute atomic E-state index is 11.8. The topological polar surface area (TPSA) is 84.2 Å². The summed E-state index contributed by atoms with van der Waals surface area (Å²) < 4.78 is 1.60. The van der Waals surface area contributed by atoms with Crippen LogP contribution in [-0.2, 0) is 11.8 Å². The Bertz CT molecular complexity index is 440. The average Bonchev–Trinajstić information content (AvgIpc) is 2.62. The van der Waals surface area contributed by atoms with Crippen molar-refractivity contribution in [3.05, 3.63) is 17.5 Å². The first-order chi connectivity index (χ1) is 8.40. The van der Waals surface area contributed by atoms with Crippen LogP contribution in [0.5, 0.6) is 0 Å². The highest BCUT2D eigenvalue weighted by molar-refractivity contribution is 5.94. The van der Waals surface area contributed by atoms with Crippen LogP contribution in [-0.4, -0.2) is 33.3 Å². The van der Waals surface area contributed by atoms with Gasteiger partial charge in [-0.15, -0.1) is 0 Å². The standard InChI is InChI=1S/C12H19N3O3/c1-8(4-5-11(16)17)6-13-12(18)10-7-15(3)14-9(10)2/h7-8H,4-6H2,1-3H3,(H,13,18)(H,16,17). The van der Waals surface area contributed by atoms with E-state index < -0.39 is 5.97 Å². The first kappa shape index (κ1) is 14.2. The van der Waals surface area contributed by atoms with Crippen molar-refractivity contribution < 1.29 is 14.7 Å². The van der Waals surface area contributed by atoms with Crippen molar-refractivity contribution in [2.45, 2.75) is 26.7 Å². The molecule has 0 bridgehead atoms. The van der Waals surface area contributed by atoms with Crippen molar-refractivity contribution in [3.8, 4) is 0 Å². The fourth-order valence-electron chi connectivity index (χ4n) is 1.66. The number of aliphatic carboxylic acids is 1. The molecular weight excluding hydrogens is 234 g/mol. The van der Waals surface area contributed by atoms with E-state index in [2.05, 4.69) is 10.4 Å². The smallest absolute Gasteiger partial charge is 0.303 e. The molecule has 1 aromatic heterocycles. The molecule has 0 saturated carbocycles. The highest BCUT2D eigenvalue weighted by atomic mass is 16.4. The maximum Gasteiger partial charge on any atom is 0.303 e. The summed E-state index contributed by atoms with van der Waals surface area (Å²) in [5.41, 5.74) is 1.25. The molecule has 6 heteroatoms. The summed E-state index contributed by atoms with van der Waals surface area (Å²) in [6.45, 7) is 4.17. The molecule has 1 aromatic rings. The second-order valence-corrected chi connectivity index (χ2v) is 4.55. The van der Waals surface area contributed by atoms with Crippen molar-refractivity contribution in [2.75, 3.05) is 6.54 Å². The number of carboxylic acid groups (broad SMARTS) is 1. The zero-order valence-electron chi connectivity index (χ0n) is 10.9. The Kier molecular flexibility index (Phi) is 4.88. The lowest BCUT2D eigenvalue weighted by atomic mass is 10.1.